The van der Waals surface area contributed by atoms with E-state index in [9.17, 15) is 19.5 Å². The van der Waals surface area contributed by atoms with Gasteiger partial charge in [0.15, 0.2) is 0 Å². The topological polar surface area (TPSA) is 96.2 Å². The Morgan fingerprint density at radius 1 is 0.564 bits per heavy atom. The summed E-state index contributed by atoms with van der Waals surface area (Å²) in [6.45, 7) is 1.11. The van der Waals surface area contributed by atoms with E-state index < -0.39 is 5.97 Å². The van der Waals surface area contributed by atoms with Crippen molar-refractivity contribution < 1.29 is 19.5 Å². The van der Waals surface area contributed by atoms with Gasteiger partial charge in [-0.05, 0) is 83.5 Å². The Morgan fingerprint density at radius 3 is 1.38 bits per heavy atom. The predicted octanol–water partition coefficient (Wildman–Crippen LogP) is 7.84. The molecule has 7 rings (SSSR count). The highest BCUT2D eigenvalue weighted by Crippen LogP contribution is 2.48. The smallest absolute Gasteiger partial charge is 0.336 e. The van der Waals surface area contributed by atoms with Crippen molar-refractivity contribution in [3.8, 4) is 0 Å². The molecule has 1 N–H and O–H groups in total. The van der Waals surface area contributed by atoms with Crippen LogP contribution in [0, 0.1) is 0 Å². The number of carboxylic acid groups (broad SMARTS) is 1. The highest BCUT2D eigenvalue weighted by Gasteiger charge is 2.22. The third kappa shape index (κ3) is 4.04. The number of rotatable bonds is 8. The van der Waals surface area contributed by atoms with Gasteiger partial charge in [-0.3, -0.25) is 0 Å². The fourth-order valence-corrected chi connectivity index (χ4v) is 5.99. The Balaban J connectivity index is 0.000000198. The number of carboxylic acids is 1. The van der Waals surface area contributed by atoms with Crippen molar-refractivity contribution in [1.29, 1.82) is 0 Å². The second-order valence-corrected chi connectivity index (χ2v) is 9.83. The van der Waals surface area contributed by atoms with E-state index in [0.29, 0.717) is 18.7 Å². The van der Waals surface area contributed by atoms with Crippen LogP contribution >= 0.6 is 0 Å². The SMILES string of the molecule is O=C(O)c1cc2ccc3ccc4ccc5ccc6ccc1c1c6c5c4c3c21.O=C=NCCCCCCN=C=O. The van der Waals surface area contributed by atoms with Crippen molar-refractivity contribution in [2.75, 3.05) is 13.1 Å². The lowest BCUT2D eigenvalue weighted by atomic mass is 9.82. The summed E-state index contributed by atoms with van der Waals surface area (Å²) in [7, 11) is 0. The molecule has 0 unspecified atom stereocenters. The van der Waals surface area contributed by atoms with Crippen molar-refractivity contribution in [3.63, 3.8) is 0 Å². The van der Waals surface area contributed by atoms with Crippen LogP contribution in [0.4, 0.5) is 0 Å². The van der Waals surface area contributed by atoms with Crippen LogP contribution < -0.4 is 0 Å². The number of nitrogens with zero attached hydrogens (tertiary/aromatic N) is 2. The molecule has 0 atom stereocenters. The molecule has 0 radical (unpaired) electrons. The number of aromatic carboxylic acids is 1. The van der Waals surface area contributed by atoms with Gasteiger partial charge in [-0.15, -0.1) is 0 Å². The van der Waals surface area contributed by atoms with E-state index in [2.05, 4.69) is 64.6 Å². The number of hydrogen-bond acceptors (Lipinski definition) is 5. The van der Waals surface area contributed by atoms with Gasteiger partial charge in [0, 0.05) is 0 Å². The van der Waals surface area contributed by atoms with Crippen LogP contribution in [0.1, 0.15) is 36.0 Å². The lowest BCUT2D eigenvalue weighted by Gasteiger charge is -2.21. The first-order valence-electron chi connectivity index (χ1n) is 13.0. The quantitative estimate of drug-likeness (QED) is 0.0737. The fourth-order valence-electron chi connectivity index (χ4n) is 5.99. The molecule has 0 saturated heterocycles. The molecule has 0 bridgehead atoms. The molecule has 0 aromatic heterocycles. The van der Waals surface area contributed by atoms with Crippen LogP contribution in [0.25, 0.3) is 64.6 Å². The van der Waals surface area contributed by atoms with Crippen molar-refractivity contribution in [2.45, 2.75) is 25.7 Å². The summed E-state index contributed by atoms with van der Waals surface area (Å²) in [5.41, 5.74) is 0.377. The van der Waals surface area contributed by atoms with E-state index in [1.165, 1.54) is 55.2 Å². The van der Waals surface area contributed by atoms with Crippen LogP contribution in [0.15, 0.2) is 76.7 Å². The van der Waals surface area contributed by atoms with Gasteiger partial charge in [0.2, 0.25) is 12.2 Å². The van der Waals surface area contributed by atoms with Crippen LogP contribution in [-0.2, 0) is 9.59 Å². The first kappa shape index (κ1) is 24.4. The molecule has 6 nitrogen and oxygen atoms in total. The van der Waals surface area contributed by atoms with Gasteiger partial charge in [0.25, 0.3) is 0 Å². The molecule has 0 aliphatic rings. The number of aliphatic imine (C=N–C) groups is 2. The predicted molar refractivity (Wildman–Crippen MR) is 156 cm³/mol. The molecule has 0 heterocycles. The summed E-state index contributed by atoms with van der Waals surface area (Å²) >= 11 is 0. The summed E-state index contributed by atoms with van der Waals surface area (Å²) in [6, 6.07) is 23.1. The molecular formula is C33H24N2O4. The van der Waals surface area contributed by atoms with Crippen LogP contribution in [0.2, 0.25) is 0 Å². The normalized spacial score (nSPS) is 11.4. The lowest BCUT2D eigenvalue weighted by Crippen LogP contribution is -2.00. The number of carbonyl (C=O) groups excluding carboxylic acids is 2. The third-order valence-corrected chi connectivity index (χ3v) is 7.65. The summed E-state index contributed by atoms with van der Waals surface area (Å²) in [6.07, 6.45) is 6.80. The number of isocyanates is 2. The van der Waals surface area contributed by atoms with Gasteiger partial charge in [0.1, 0.15) is 0 Å². The minimum atomic E-state index is -0.874. The summed E-state index contributed by atoms with van der Waals surface area (Å²) in [5.74, 6) is -0.874. The van der Waals surface area contributed by atoms with E-state index in [4.69, 9.17) is 0 Å². The number of unbranched alkanes of at least 4 members (excludes halogenated alkanes) is 3. The second-order valence-electron chi connectivity index (χ2n) is 9.83. The first-order chi connectivity index (χ1) is 19.1. The third-order valence-electron chi connectivity index (χ3n) is 7.65. The molecule has 0 aliphatic carbocycles. The maximum Gasteiger partial charge on any atom is 0.336 e. The number of carbonyl (C=O) groups is 1. The van der Waals surface area contributed by atoms with Crippen molar-refractivity contribution in [3.05, 3.63) is 72.3 Å². The summed E-state index contributed by atoms with van der Waals surface area (Å²) in [5, 5.41) is 23.7. The Hall–Kier alpha value is -4.89. The van der Waals surface area contributed by atoms with E-state index in [1.807, 2.05) is 12.1 Å². The van der Waals surface area contributed by atoms with E-state index in [0.717, 1.165) is 47.2 Å². The Kier molecular flexibility index (Phi) is 6.34. The van der Waals surface area contributed by atoms with Crippen LogP contribution in [-0.4, -0.2) is 36.3 Å². The Bertz CT molecular complexity index is 1990. The number of hydrogen-bond donors (Lipinski definition) is 1. The largest absolute Gasteiger partial charge is 0.478 e. The zero-order valence-electron chi connectivity index (χ0n) is 21.2. The first-order valence-corrected chi connectivity index (χ1v) is 13.0. The van der Waals surface area contributed by atoms with Gasteiger partial charge in [-0.25, -0.2) is 24.4 Å². The molecule has 190 valence electrons. The minimum absolute atomic E-state index is 0.377. The molecule has 0 amide bonds. The van der Waals surface area contributed by atoms with Crippen molar-refractivity contribution in [2.24, 2.45) is 9.98 Å². The summed E-state index contributed by atoms with van der Waals surface area (Å²) < 4.78 is 0. The zero-order chi connectivity index (χ0) is 26.9. The zero-order valence-corrected chi connectivity index (χ0v) is 21.2. The molecule has 39 heavy (non-hydrogen) atoms. The Morgan fingerprint density at radius 2 is 0.949 bits per heavy atom. The molecule has 7 aromatic rings. The van der Waals surface area contributed by atoms with Crippen LogP contribution in [0.5, 0.6) is 0 Å². The molecular weight excluding hydrogens is 488 g/mol. The fraction of sp³-hybridized carbons (Fsp3) is 0.182. The molecule has 6 heteroatoms. The Labute approximate surface area is 223 Å². The molecule has 0 saturated carbocycles. The average Bonchev–Trinajstić information content (AvgIpc) is 2.97. The monoisotopic (exact) mass is 512 g/mol. The molecule has 0 fully saturated rings. The molecule has 0 spiro atoms. The second kappa shape index (κ2) is 10.1. The molecule has 0 aliphatic heterocycles. The van der Waals surface area contributed by atoms with Gasteiger partial charge in [0.05, 0.1) is 18.7 Å². The van der Waals surface area contributed by atoms with Gasteiger partial charge >= 0.3 is 5.97 Å². The highest BCUT2D eigenvalue weighted by atomic mass is 16.4. The van der Waals surface area contributed by atoms with E-state index in [-0.39, 0.29) is 0 Å². The van der Waals surface area contributed by atoms with E-state index >= 15 is 0 Å². The average molecular weight is 513 g/mol. The minimum Gasteiger partial charge on any atom is -0.478 e. The van der Waals surface area contributed by atoms with Crippen molar-refractivity contribution >= 4 is 82.8 Å². The summed E-state index contributed by atoms with van der Waals surface area (Å²) in [4.78, 5) is 38.1. The van der Waals surface area contributed by atoms with Crippen molar-refractivity contribution in [1.82, 2.24) is 0 Å². The van der Waals surface area contributed by atoms with Gasteiger partial charge < -0.3 is 5.11 Å². The maximum atomic E-state index is 12.0. The van der Waals surface area contributed by atoms with Crippen LogP contribution in [0.3, 0.4) is 0 Å². The highest BCUT2D eigenvalue weighted by molar-refractivity contribution is 6.45. The maximum absolute atomic E-state index is 12.0. The number of benzene rings is 7. The standard InChI is InChI=1S/C25H12O2.C8H12N2O2/c26-25(27)18-11-16-8-7-14-4-2-12-1-3-13-5-6-15-9-10-17(18)24-22(15)20(13)19(12)21(14)23(16)24;11-7-9-5-3-1-2-4-6-10-8-12/h1-11H,(H,26,27);1-6H2. The van der Waals surface area contributed by atoms with E-state index in [1.54, 1.807) is 0 Å². The molecule has 7 aromatic carbocycles. The van der Waals surface area contributed by atoms with Gasteiger partial charge in [-0.1, -0.05) is 73.5 Å². The van der Waals surface area contributed by atoms with Gasteiger partial charge in [-0.2, -0.15) is 0 Å². The lowest BCUT2D eigenvalue weighted by molar-refractivity contribution is 0.0699.